The minimum Gasteiger partial charge on any atom is -0.395 e. The molecule has 0 aliphatic heterocycles. The first-order valence-corrected chi connectivity index (χ1v) is 8.77. The Bertz CT molecular complexity index is 432. The molecule has 1 N–H and O–H groups in total. The molecule has 110 valence electrons. The Labute approximate surface area is 132 Å². The predicted octanol–water partition coefficient (Wildman–Crippen LogP) is 3.30. The second kappa shape index (κ2) is 8.05. The van der Waals surface area contributed by atoms with Crippen molar-refractivity contribution in [2.45, 2.75) is 36.6 Å². The van der Waals surface area contributed by atoms with Crippen LogP contribution in [-0.4, -0.2) is 40.9 Å². The van der Waals surface area contributed by atoms with E-state index >= 15 is 0 Å². The fourth-order valence-corrected chi connectivity index (χ4v) is 3.64. The zero-order valence-electron chi connectivity index (χ0n) is 11.4. The molecule has 20 heavy (non-hydrogen) atoms. The van der Waals surface area contributed by atoms with Crippen molar-refractivity contribution < 1.29 is 9.90 Å². The van der Waals surface area contributed by atoms with Gasteiger partial charge in [-0.1, -0.05) is 28.8 Å². The molecule has 1 aliphatic carbocycles. The molecule has 0 saturated heterocycles. The summed E-state index contributed by atoms with van der Waals surface area (Å²) >= 11 is 4.96. The number of aliphatic hydroxyl groups excluding tert-OH is 1. The van der Waals surface area contributed by atoms with Crippen molar-refractivity contribution in [3.05, 3.63) is 28.7 Å². The molecule has 1 aliphatic rings. The van der Waals surface area contributed by atoms with Crippen molar-refractivity contribution in [2.24, 2.45) is 0 Å². The average Bonchev–Trinajstić information content (AvgIpc) is 2.97. The van der Waals surface area contributed by atoms with E-state index in [-0.39, 0.29) is 12.5 Å². The van der Waals surface area contributed by atoms with Gasteiger partial charge in [-0.05, 0) is 37.1 Å². The van der Waals surface area contributed by atoms with Gasteiger partial charge in [0.1, 0.15) is 0 Å². The van der Waals surface area contributed by atoms with Crippen LogP contribution >= 0.6 is 27.7 Å². The van der Waals surface area contributed by atoms with Crippen LogP contribution in [0.15, 0.2) is 33.6 Å². The molecular weight excluding hydrogens is 338 g/mol. The van der Waals surface area contributed by atoms with Gasteiger partial charge in [-0.25, -0.2) is 0 Å². The van der Waals surface area contributed by atoms with E-state index in [1.165, 1.54) is 12.8 Å². The third kappa shape index (κ3) is 4.50. The molecule has 0 unspecified atom stereocenters. The monoisotopic (exact) mass is 357 g/mol. The van der Waals surface area contributed by atoms with Crippen molar-refractivity contribution >= 4 is 33.6 Å². The highest BCUT2D eigenvalue weighted by molar-refractivity contribution is 9.10. The van der Waals surface area contributed by atoms with Crippen LogP contribution in [0.1, 0.15) is 25.7 Å². The summed E-state index contributed by atoms with van der Waals surface area (Å²) in [5.41, 5.74) is 0. The number of hydrogen-bond acceptors (Lipinski definition) is 3. The molecule has 1 aromatic rings. The second-order valence-electron chi connectivity index (χ2n) is 4.99. The maximum atomic E-state index is 12.3. The normalized spacial score (nSPS) is 15.5. The van der Waals surface area contributed by atoms with E-state index in [9.17, 15) is 4.79 Å². The van der Waals surface area contributed by atoms with Crippen LogP contribution in [0, 0.1) is 0 Å². The van der Waals surface area contributed by atoms with Gasteiger partial charge >= 0.3 is 0 Å². The van der Waals surface area contributed by atoms with Gasteiger partial charge in [0.2, 0.25) is 5.91 Å². The summed E-state index contributed by atoms with van der Waals surface area (Å²) in [7, 11) is 0. The Morgan fingerprint density at radius 3 is 2.55 bits per heavy atom. The lowest BCUT2D eigenvalue weighted by atomic mass is 10.2. The van der Waals surface area contributed by atoms with Gasteiger partial charge in [0.05, 0.1) is 12.4 Å². The van der Waals surface area contributed by atoms with Crippen LogP contribution in [0.25, 0.3) is 0 Å². The van der Waals surface area contributed by atoms with Crippen molar-refractivity contribution in [1.29, 1.82) is 0 Å². The first kappa shape index (κ1) is 15.9. The molecule has 0 heterocycles. The van der Waals surface area contributed by atoms with Gasteiger partial charge in [-0.2, -0.15) is 0 Å². The van der Waals surface area contributed by atoms with E-state index < -0.39 is 0 Å². The number of aliphatic hydroxyl groups is 1. The molecule has 1 saturated carbocycles. The van der Waals surface area contributed by atoms with E-state index in [0.29, 0.717) is 18.3 Å². The highest BCUT2D eigenvalue weighted by atomic mass is 79.9. The highest BCUT2D eigenvalue weighted by Crippen LogP contribution is 2.25. The lowest BCUT2D eigenvalue weighted by molar-refractivity contribution is -0.131. The molecule has 1 fully saturated rings. The summed E-state index contributed by atoms with van der Waals surface area (Å²) in [5, 5.41) is 9.16. The van der Waals surface area contributed by atoms with Crippen molar-refractivity contribution in [3.8, 4) is 0 Å². The molecule has 1 aromatic carbocycles. The Morgan fingerprint density at radius 2 is 1.95 bits per heavy atom. The number of hydrogen-bond donors (Lipinski definition) is 1. The molecule has 2 rings (SSSR count). The Morgan fingerprint density at radius 1 is 1.30 bits per heavy atom. The molecule has 5 heteroatoms. The number of rotatable bonds is 6. The topological polar surface area (TPSA) is 40.5 Å². The van der Waals surface area contributed by atoms with Crippen molar-refractivity contribution in [3.63, 3.8) is 0 Å². The standard InChI is InChI=1S/C15H20BrNO2S/c16-12-5-7-14(8-6-12)20-11-15(19)17(9-10-18)13-3-1-2-4-13/h5-8,13,18H,1-4,9-11H2. The Kier molecular flexibility index (Phi) is 6.39. The highest BCUT2D eigenvalue weighted by Gasteiger charge is 2.25. The van der Waals surface area contributed by atoms with E-state index in [2.05, 4.69) is 15.9 Å². The summed E-state index contributed by atoms with van der Waals surface area (Å²) < 4.78 is 1.04. The largest absolute Gasteiger partial charge is 0.395 e. The van der Waals surface area contributed by atoms with Crippen LogP contribution in [0.3, 0.4) is 0 Å². The van der Waals surface area contributed by atoms with Crippen LogP contribution in [-0.2, 0) is 4.79 Å². The SMILES string of the molecule is O=C(CSc1ccc(Br)cc1)N(CCO)C1CCCC1. The number of carbonyl (C=O) groups is 1. The number of benzene rings is 1. The van der Waals surface area contributed by atoms with E-state index in [0.717, 1.165) is 22.2 Å². The maximum absolute atomic E-state index is 12.3. The van der Waals surface area contributed by atoms with Crippen molar-refractivity contribution in [1.82, 2.24) is 4.90 Å². The predicted molar refractivity (Wildman–Crippen MR) is 85.9 cm³/mol. The van der Waals surface area contributed by atoms with E-state index in [1.54, 1.807) is 11.8 Å². The first-order valence-electron chi connectivity index (χ1n) is 6.99. The van der Waals surface area contributed by atoms with Crippen LogP contribution in [0.4, 0.5) is 0 Å². The van der Waals surface area contributed by atoms with Gasteiger partial charge in [-0.15, -0.1) is 11.8 Å². The number of amides is 1. The fraction of sp³-hybridized carbons (Fsp3) is 0.533. The maximum Gasteiger partial charge on any atom is 0.233 e. The van der Waals surface area contributed by atoms with Crippen LogP contribution < -0.4 is 0 Å². The zero-order chi connectivity index (χ0) is 14.4. The third-order valence-electron chi connectivity index (χ3n) is 3.60. The van der Waals surface area contributed by atoms with Gasteiger partial charge in [0.15, 0.2) is 0 Å². The average molecular weight is 358 g/mol. The lowest BCUT2D eigenvalue weighted by Gasteiger charge is -2.28. The molecule has 0 radical (unpaired) electrons. The second-order valence-corrected chi connectivity index (χ2v) is 6.96. The number of nitrogens with zero attached hydrogens (tertiary/aromatic N) is 1. The number of halogens is 1. The first-order chi connectivity index (χ1) is 9.70. The molecule has 0 spiro atoms. The molecule has 0 atom stereocenters. The smallest absolute Gasteiger partial charge is 0.233 e. The van der Waals surface area contributed by atoms with E-state index in [1.807, 2.05) is 29.2 Å². The lowest BCUT2D eigenvalue weighted by Crippen LogP contribution is -2.41. The van der Waals surface area contributed by atoms with Gasteiger partial charge < -0.3 is 10.0 Å². The number of carbonyl (C=O) groups excluding carboxylic acids is 1. The minimum absolute atomic E-state index is 0.0468. The van der Waals surface area contributed by atoms with Gasteiger partial charge in [0, 0.05) is 22.0 Å². The van der Waals surface area contributed by atoms with E-state index in [4.69, 9.17) is 5.11 Å². The number of thioether (sulfide) groups is 1. The van der Waals surface area contributed by atoms with Crippen LogP contribution in [0.2, 0.25) is 0 Å². The van der Waals surface area contributed by atoms with Gasteiger partial charge in [-0.3, -0.25) is 4.79 Å². The molecular formula is C15H20BrNO2S. The summed E-state index contributed by atoms with van der Waals surface area (Å²) in [6.45, 7) is 0.510. The van der Waals surface area contributed by atoms with Gasteiger partial charge in [0.25, 0.3) is 0 Å². The molecule has 1 amide bonds. The third-order valence-corrected chi connectivity index (χ3v) is 5.13. The molecule has 0 bridgehead atoms. The Balaban J connectivity index is 1.89. The summed E-state index contributed by atoms with van der Waals surface area (Å²) in [5.74, 6) is 0.580. The minimum atomic E-state index is 0.0468. The molecule has 0 aromatic heterocycles. The van der Waals surface area contributed by atoms with Crippen molar-refractivity contribution in [2.75, 3.05) is 18.9 Å². The zero-order valence-corrected chi connectivity index (χ0v) is 13.8. The fourth-order valence-electron chi connectivity index (χ4n) is 2.59. The summed E-state index contributed by atoms with van der Waals surface area (Å²) in [6, 6.07) is 8.31. The quantitative estimate of drug-likeness (QED) is 0.794. The summed E-state index contributed by atoms with van der Waals surface area (Å²) in [6.07, 6.45) is 4.54. The Hall–Kier alpha value is -0.520. The van der Waals surface area contributed by atoms with Crippen LogP contribution in [0.5, 0.6) is 0 Å². The summed E-state index contributed by atoms with van der Waals surface area (Å²) in [4.78, 5) is 15.3. The molecule has 3 nitrogen and oxygen atoms in total.